The summed E-state index contributed by atoms with van der Waals surface area (Å²) in [5.74, 6) is 4.74. The lowest BCUT2D eigenvalue weighted by Gasteiger charge is -2.24. The molecule has 132 valence electrons. The van der Waals surface area contributed by atoms with E-state index in [2.05, 4.69) is 26.5 Å². The molecular weight excluding hydrogens is 298 g/mol. The van der Waals surface area contributed by atoms with Crippen molar-refractivity contribution < 1.29 is 0 Å². The molecule has 0 unspecified atom stereocenters. The summed E-state index contributed by atoms with van der Waals surface area (Å²) in [5, 5.41) is 7.99. The van der Waals surface area contributed by atoms with Gasteiger partial charge >= 0.3 is 0 Å². The lowest BCUT2D eigenvalue weighted by atomic mass is 9.98. The third-order valence-electron chi connectivity index (χ3n) is 6.03. The van der Waals surface area contributed by atoms with Gasteiger partial charge in [-0.2, -0.15) is 5.10 Å². The van der Waals surface area contributed by atoms with Crippen molar-refractivity contribution in [2.24, 2.45) is 35.7 Å². The number of nitrogens with zero attached hydrogens (tertiary/aromatic N) is 4. The molecule has 4 rings (SSSR count). The van der Waals surface area contributed by atoms with Gasteiger partial charge in [-0.3, -0.25) is 9.67 Å². The molecule has 0 bridgehead atoms. The number of guanidine groups is 1. The first-order chi connectivity index (χ1) is 11.7. The van der Waals surface area contributed by atoms with Gasteiger partial charge < -0.3 is 10.2 Å². The largest absolute Gasteiger partial charge is 0.356 e. The molecule has 2 aliphatic carbocycles. The molecule has 5 heteroatoms. The molecule has 1 aliphatic heterocycles. The van der Waals surface area contributed by atoms with E-state index in [9.17, 15) is 0 Å². The molecule has 0 radical (unpaired) electrons. The first-order valence-corrected chi connectivity index (χ1v) is 9.66. The minimum absolute atomic E-state index is 0.718. The van der Waals surface area contributed by atoms with Crippen molar-refractivity contribution in [3.63, 3.8) is 0 Å². The first kappa shape index (κ1) is 16.0. The highest BCUT2D eigenvalue weighted by molar-refractivity contribution is 5.80. The fourth-order valence-corrected chi connectivity index (χ4v) is 4.41. The van der Waals surface area contributed by atoms with Crippen molar-refractivity contribution >= 4 is 5.96 Å². The molecule has 2 heterocycles. The summed E-state index contributed by atoms with van der Waals surface area (Å²) < 4.78 is 1.90. The van der Waals surface area contributed by atoms with Crippen molar-refractivity contribution in [3.8, 4) is 0 Å². The van der Waals surface area contributed by atoms with E-state index in [1.165, 1.54) is 37.7 Å². The van der Waals surface area contributed by atoms with E-state index < -0.39 is 0 Å². The molecule has 0 aromatic carbocycles. The topological polar surface area (TPSA) is 45.5 Å². The van der Waals surface area contributed by atoms with Crippen molar-refractivity contribution in [2.45, 2.75) is 38.5 Å². The Balaban J connectivity index is 1.27. The van der Waals surface area contributed by atoms with Crippen LogP contribution in [-0.4, -0.2) is 47.3 Å². The molecule has 24 heavy (non-hydrogen) atoms. The Morgan fingerprint density at radius 2 is 2.04 bits per heavy atom. The lowest BCUT2D eigenvalue weighted by molar-refractivity contribution is 0.386. The number of aryl methyl sites for hydroxylation is 1. The highest BCUT2D eigenvalue weighted by atomic mass is 15.3. The van der Waals surface area contributed by atoms with Gasteiger partial charge in [0, 0.05) is 39.9 Å². The normalized spacial score (nSPS) is 24.9. The molecule has 1 aromatic heterocycles. The van der Waals surface area contributed by atoms with E-state index in [-0.39, 0.29) is 0 Å². The Morgan fingerprint density at radius 3 is 2.62 bits per heavy atom. The fourth-order valence-electron chi connectivity index (χ4n) is 4.41. The summed E-state index contributed by atoms with van der Waals surface area (Å²) in [4.78, 5) is 7.02. The third-order valence-corrected chi connectivity index (χ3v) is 6.03. The van der Waals surface area contributed by atoms with Gasteiger partial charge in [0.15, 0.2) is 5.96 Å². The summed E-state index contributed by atoms with van der Waals surface area (Å²) >= 11 is 0. The number of rotatable bonds is 6. The molecule has 5 nitrogen and oxygen atoms in total. The second-order valence-electron chi connectivity index (χ2n) is 8.09. The van der Waals surface area contributed by atoms with Crippen LogP contribution in [0, 0.1) is 23.7 Å². The molecule has 3 fully saturated rings. The van der Waals surface area contributed by atoms with Crippen LogP contribution < -0.4 is 5.32 Å². The fraction of sp³-hybridized carbons (Fsp3) is 0.789. The SMILES string of the molecule is CN=C(NCC(C1CC1)C1CC1)N1CC[C@H](Cc2cnn(C)c2)C1. The van der Waals surface area contributed by atoms with Crippen molar-refractivity contribution in [3.05, 3.63) is 18.0 Å². The standard InChI is InChI=1S/C19H31N5/c1-20-19(21-11-18(16-3-4-16)17-5-6-17)24-8-7-14(13-24)9-15-10-22-23(2)12-15/h10,12,14,16-18H,3-9,11,13H2,1-2H3,(H,20,21)/t14-/m1/s1. The van der Waals surface area contributed by atoms with E-state index >= 15 is 0 Å². The molecular formula is C19H31N5. The number of nitrogens with one attached hydrogen (secondary N) is 1. The maximum Gasteiger partial charge on any atom is 0.193 e. The van der Waals surface area contributed by atoms with Gasteiger partial charge in [-0.05, 0) is 67.8 Å². The second kappa shape index (κ2) is 6.77. The summed E-state index contributed by atoms with van der Waals surface area (Å²) in [6.45, 7) is 3.37. The van der Waals surface area contributed by atoms with Crippen LogP contribution in [0.3, 0.4) is 0 Å². The average Bonchev–Trinajstić information content (AvgIpc) is 3.50. The van der Waals surface area contributed by atoms with Crippen LogP contribution in [0.5, 0.6) is 0 Å². The molecule has 3 aliphatic rings. The maximum atomic E-state index is 4.56. The summed E-state index contributed by atoms with van der Waals surface area (Å²) in [7, 11) is 3.92. The van der Waals surface area contributed by atoms with E-state index in [0.29, 0.717) is 0 Å². The van der Waals surface area contributed by atoms with Gasteiger partial charge in [0.1, 0.15) is 0 Å². The summed E-state index contributed by atoms with van der Waals surface area (Å²) in [5.41, 5.74) is 1.36. The number of likely N-dealkylation sites (tertiary alicyclic amines) is 1. The Bertz CT molecular complexity index is 572. The molecule has 0 spiro atoms. The molecule has 0 amide bonds. The molecule has 1 aromatic rings. The number of hydrogen-bond donors (Lipinski definition) is 1. The van der Waals surface area contributed by atoms with Crippen LogP contribution in [0.15, 0.2) is 17.4 Å². The van der Waals surface area contributed by atoms with Crippen molar-refractivity contribution in [1.29, 1.82) is 0 Å². The van der Waals surface area contributed by atoms with Gasteiger partial charge in [-0.25, -0.2) is 0 Å². The minimum atomic E-state index is 0.718. The highest BCUT2D eigenvalue weighted by Gasteiger charge is 2.41. The Morgan fingerprint density at radius 1 is 1.29 bits per heavy atom. The minimum Gasteiger partial charge on any atom is -0.356 e. The number of hydrogen-bond acceptors (Lipinski definition) is 2. The van der Waals surface area contributed by atoms with Crippen LogP contribution in [0.25, 0.3) is 0 Å². The molecule has 1 saturated heterocycles. The van der Waals surface area contributed by atoms with Gasteiger partial charge in [-0.1, -0.05) is 0 Å². The van der Waals surface area contributed by atoms with Crippen LogP contribution in [0.4, 0.5) is 0 Å². The van der Waals surface area contributed by atoms with Gasteiger partial charge in [0.05, 0.1) is 6.20 Å². The maximum absolute atomic E-state index is 4.56. The zero-order chi connectivity index (χ0) is 16.5. The Labute approximate surface area is 145 Å². The van der Waals surface area contributed by atoms with Crippen LogP contribution in [0.1, 0.15) is 37.7 Å². The van der Waals surface area contributed by atoms with Crippen LogP contribution >= 0.6 is 0 Å². The number of aromatic nitrogens is 2. The smallest absolute Gasteiger partial charge is 0.193 e. The first-order valence-electron chi connectivity index (χ1n) is 9.66. The van der Waals surface area contributed by atoms with Crippen LogP contribution in [-0.2, 0) is 13.5 Å². The average molecular weight is 329 g/mol. The monoisotopic (exact) mass is 329 g/mol. The third kappa shape index (κ3) is 3.76. The van der Waals surface area contributed by atoms with E-state index in [1.807, 2.05) is 25.0 Å². The van der Waals surface area contributed by atoms with Crippen molar-refractivity contribution in [2.75, 3.05) is 26.7 Å². The van der Waals surface area contributed by atoms with Crippen molar-refractivity contribution in [1.82, 2.24) is 20.0 Å². The molecule has 1 atom stereocenters. The highest BCUT2D eigenvalue weighted by Crippen LogP contribution is 2.48. The Kier molecular flexibility index (Phi) is 4.51. The molecule has 1 N–H and O–H groups in total. The zero-order valence-electron chi connectivity index (χ0n) is 15.1. The predicted molar refractivity (Wildman–Crippen MR) is 96.9 cm³/mol. The van der Waals surface area contributed by atoms with Crippen LogP contribution in [0.2, 0.25) is 0 Å². The summed E-state index contributed by atoms with van der Waals surface area (Å²) in [6, 6.07) is 0. The zero-order valence-corrected chi connectivity index (χ0v) is 15.1. The Hall–Kier alpha value is -1.52. The van der Waals surface area contributed by atoms with Gasteiger partial charge in [-0.15, -0.1) is 0 Å². The second-order valence-corrected chi connectivity index (χ2v) is 8.09. The predicted octanol–water partition coefficient (Wildman–Crippen LogP) is 2.30. The van der Waals surface area contributed by atoms with Gasteiger partial charge in [0.2, 0.25) is 0 Å². The molecule has 2 saturated carbocycles. The van der Waals surface area contributed by atoms with E-state index in [4.69, 9.17) is 0 Å². The van der Waals surface area contributed by atoms with E-state index in [0.717, 1.165) is 55.7 Å². The lowest BCUT2D eigenvalue weighted by Crippen LogP contribution is -2.42. The van der Waals surface area contributed by atoms with Gasteiger partial charge in [0.25, 0.3) is 0 Å². The quantitative estimate of drug-likeness (QED) is 0.643. The number of aliphatic imine (C=N–C) groups is 1. The van der Waals surface area contributed by atoms with E-state index in [1.54, 1.807) is 0 Å². The summed E-state index contributed by atoms with van der Waals surface area (Å²) in [6.07, 6.45) is 12.4.